The van der Waals surface area contributed by atoms with Gasteiger partial charge in [-0.25, -0.2) is 0 Å². The van der Waals surface area contributed by atoms with E-state index in [2.05, 4.69) is 24.5 Å². The predicted octanol–water partition coefficient (Wildman–Crippen LogP) is 6.29. The molecule has 9 heteroatoms. The van der Waals surface area contributed by atoms with Crippen LogP contribution in [0.25, 0.3) is 0 Å². The van der Waals surface area contributed by atoms with Crippen LogP contribution in [0.5, 0.6) is 0 Å². The van der Waals surface area contributed by atoms with Crippen molar-refractivity contribution in [2.45, 2.75) is 194 Å². The molecule has 0 aliphatic heterocycles. The summed E-state index contributed by atoms with van der Waals surface area (Å²) in [4.78, 5) is 43.6. The fraction of sp³-hybridized carbons (Fsp3) is 0.889. The van der Waals surface area contributed by atoms with Gasteiger partial charge in [0.2, 0.25) is 11.8 Å². The van der Waals surface area contributed by atoms with Gasteiger partial charge in [0.15, 0.2) is 0 Å². The Balaban J connectivity index is -0.000000767. The number of carbonyl (C=O) groups is 4. The van der Waals surface area contributed by atoms with E-state index in [-0.39, 0.29) is 62.4 Å². The summed E-state index contributed by atoms with van der Waals surface area (Å²) >= 11 is 0. The van der Waals surface area contributed by atoms with Gasteiger partial charge in [0.05, 0.1) is 0 Å². The third kappa shape index (κ3) is 47.7. The van der Waals surface area contributed by atoms with Crippen molar-refractivity contribution in [3.05, 3.63) is 0 Å². The first-order chi connectivity index (χ1) is 21.3. The number of carbonyl (C=O) groups excluding carboxylic acids is 4. The van der Waals surface area contributed by atoms with Gasteiger partial charge in [-0.15, -0.1) is 0 Å². The van der Waals surface area contributed by atoms with Crippen LogP contribution in [-0.4, -0.2) is 74.6 Å². The molecule has 0 saturated carbocycles. The van der Waals surface area contributed by atoms with Crippen molar-refractivity contribution in [1.82, 2.24) is 10.6 Å². The minimum Gasteiger partial charge on any atom is -0.550 e. The first kappa shape index (κ1) is 48.5. The van der Waals surface area contributed by atoms with Gasteiger partial charge in [-0.1, -0.05) is 129 Å². The van der Waals surface area contributed by atoms with E-state index in [0.29, 0.717) is 38.8 Å². The average Bonchev–Trinajstić information content (AvgIpc) is 2.99. The molecule has 0 bridgehead atoms. The maximum Gasteiger partial charge on any atom is 2.00 e. The molecule has 0 rings (SSSR count). The molecule has 0 heterocycles. The van der Waals surface area contributed by atoms with Crippen molar-refractivity contribution in [2.24, 2.45) is 0 Å². The molecule has 0 aliphatic rings. The number of unbranched alkanes of at least 4 members (excludes halogenated alkanes) is 20. The van der Waals surface area contributed by atoms with Crippen molar-refractivity contribution >= 4 is 61.5 Å². The Kier molecular flexibility index (Phi) is 44.4. The molecule has 0 aromatic heterocycles. The van der Waals surface area contributed by atoms with Crippen LogP contribution in [0.2, 0.25) is 0 Å². The molecule has 0 atom stereocenters. The summed E-state index contributed by atoms with van der Waals surface area (Å²) in [5.74, 6) is -1.73. The van der Waals surface area contributed by atoms with Crippen LogP contribution < -0.4 is 20.8 Å². The molecule has 0 unspecified atom stereocenters. The topological polar surface area (TPSA) is 138 Å². The molecule has 0 saturated heterocycles. The van der Waals surface area contributed by atoms with Crippen LogP contribution in [-0.2, 0) is 19.2 Å². The number of carboxylic acids is 2. The van der Waals surface area contributed by atoms with E-state index < -0.39 is 11.9 Å². The van der Waals surface area contributed by atoms with E-state index in [9.17, 15) is 29.4 Å². The van der Waals surface area contributed by atoms with E-state index in [1.807, 2.05) is 0 Å². The minimum atomic E-state index is -0.991. The third-order valence-electron chi connectivity index (χ3n) is 7.77. The van der Waals surface area contributed by atoms with Crippen LogP contribution in [0.4, 0.5) is 0 Å². The Labute approximate surface area is 306 Å². The zero-order chi connectivity index (χ0) is 32.9. The number of rotatable bonds is 32. The summed E-state index contributed by atoms with van der Waals surface area (Å²) < 4.78 is 0. The van der Waals surface area contributed by atoms with Crippen LogP contribution in [0, 0.1) is 0 Å². The summed E-state index contributed by atoms with van der Waals surface area (Å²) in [6, 6.07) is 0. The third-order valence-corrected chi connectivity index (χ3v) is 7.77. The van der Waals surface area contributed by atoms with Crippen molar-refractivity contribution in [3.63, 3.8) is 0 Å². The monoisotopic (exact) mass is 664 g/mol. The quantitative estimate of drug-likeness (QED) is 0.0641. The second kappa shape index (κ2) is 41.2. The van der Waals surface area contributed by atoms with Gasteiger partial charge >= 0.3 is 37.7 Å². The summed E-state index contributed by atoms with van der Waals surface area (Å²) in [7, 11) is 0. The van der Waals surface area contributed by atoms with Gasteiger partial charge in [-0.3, -0.25) is 9.59 Å². The van der Waals surface area contributed by atoms with Gasteiger partial charge in [-0.05, 0) is 51.4 Å². The smallest absolute Gasteiger partial charge is 0.550 e. The first-order valence-corrected chi connectivity index (χ1v) is 18.3. The molecule has 2 amide bonds. The molecule has 8 nitrogen and oxygen atoms in total. The van der Waals surface area contributed by atoms with Gasteiger partial charge in [0, 0.05) is 37.9 Å². The molecule has 0 radical (unpaired) electrons. The fourth-order valence-electron chi connectivity index (χ4n) is 4.97. The molecular weight excluding hydrogens is 596 g/mol. The standard InChI is InChI=1S/2C18H35NO3.Ca/c2*1-2-3-4-5-6-7-8-9-11-14-17(20)19-16-13-10-12-15-18(21)22;/h2*2-16H2,1H3,(H,19,20)(H,21,22);/q;;+2/p-2. The molecule has 0 aromatic carbocycles. The Bertz CT molecular complexity index is 622. The number of carboxylic acid groups (broad SMARTS) is 2. The Morgan fingerprint density at radius 3 is 0.911 bits per heavy atom. The van der Waals surface area contributed by atoms with Crippen LogP contribution in [0.15, 0.2) is 0 Å². The van der Waals surface area contributed by atoms with E-state index >= 15 is 0 Å². The fourth-order valence-corrected chi connectivity index (χ4v) is 4.97. The maximum absolute atomic E-state index is 11.6. The van der Waals surface area contributed by atoms with E-state index in [1.165, 1.54) is 89.9 Å². The number of amides is 2. The van der Waals surface area contributed by atoms with Gasteiger partial charge in [-0.2, -0.15) is 0 Å². The minimum absolute atomic E-state index is 0. The van der Waals surface area contributed by atoms with Crippen molar-refractivity contribution in [2.75, 3.05) is 13.1 Å². The molecule has 0 fully saturated rings. The molecule has 2 N–H and O–H groups in total. The van der Waals surface area contributed by atoms with Crippen molar-refractivity contribution < 1.29 is 29.4 Å². The predicted molar refractivity (Wildman–Crippen MR) is 182 cm³/mol. The summed E-state index contributed by atoms with van der Waals surface area (Å²) in [5, 5.41) is 26.2. The molecule has 0 spiro atoms. The zero-order valence-corrected chi connectivity index (χ0v) is 31.6. The van der Waals surface area contributed by atoms with Crippen LogP contribution in [0.1, 0.15) is 194 Å². The molecule has 260 valence electrons. The summed E-state index contributed by atoms with van der Waals surface area (Å²) in [6.45, 7) is 5.78. The van der Waals surface area contributed by atoms with Crippen LogP contribution in [0.3, 0.4) is 0 Å². The summed E-state index contributed by atoms with van der Waals surface area (Å²) in [6.07, 6.45) is 28.8. The molecule has 0 aromatic rings. The zero-order valence-electron chi connectivity index (χ0n) is 29.4. The number of aliphatic carboxylic acids is 2. The second-order valence-corrected chi connectivity index (χ2v) is 12.2. The molecule has 45 heavy (non-hydrogen) atoms. The Morgan fingerprint density at radius 1 is 0.378 bits per heavy atom. The molecule has 0 aliphatic carbocycles. The van der Waals surface area contributed by atoms with Crippen molar-refractivity contribution in [1.29, 1.82) is 0 Å². The van der Waals surface area contributed by atoms with Crippen LogP contribution >= 0.6 is 0 Å². The Hall–Kier alpha value is -0.860. The van der Waals surface area contributed by atoms with E-state index in [4.69, 9.17) is 0 Å². The Morgan fingerprint density at radius 2 is 0.622 bits per heavy atom. The molecular formula is C36H68CaN2O6. The van der Waals surface area contributed by atoms with E-state index in [0.717, 1.165) is 51.4 Å². The first-order valence-electron chi connectivity index (χ1n) is 18.3. The van der Waals surface area contributed by atoms with Gasteiger partial charge in [0.25, 0.3) is 0 Å². The SMILES string of the molecule is CCCCCCCCCCCC(=O)NCCCCCC(=O)[O-].CCCCCCCCCCCC(=O)NCCCCCC(=O)[O-].[Ca+2]. The number of hydrogen-bond donors (Lipinski definition) is 2. The van der Waals surface area contributed by atoms with Crippen molar-refractivity contribution in [3.8, 4) is 0 Å². The largest absolute Gasteiger partial charge is 2.00 e. The normalized spacial score (nSPS) is 10.4. The summed E-state index contributed by atoms with van der Waals surface area (Å²) in [5.41, 5.74) is 0. The maximum atomic E-state index is 11.6. The average molecular weight is 665 g/mol. The second-order valence-electron chi connectivity index (χ2n) is 12.2. The van der Waals surface area contributed by atoms with Gasteiger partial charge < -0.3 is 30.4 Å². The number of hydrogen-bond acceptors (Lipinski definition) is 6. The number of nitrogens with one attached hydrogen (secondary N) is 2. The van der Waals surface area contributed by atoms with E-state index in [1.54, 1.807) is 0 Å². The van der Waals surface area contributed by atoms with Gasteiger partial charge in [0.1, 0.15) is 0 Å².